The first-order valence-electron chi connectivity index (χ1n) is 15.0. The van der Waals surface area contributed by atoms with Crippen LogP contribution in [0.1, 0.15) is 71.6 Å². The molecule has 1 saturated heterocycles. The Labute approximate surface area is 245 Å². The fourth-order valence-electron chi connectivity index (χ4n) is 9.88. The van der Waals surface area contributed by atoms with Crippen molar-refractivity contribution in [2.45, 2.75) is 86.9 Å². The topological polar surface area (TPSA) is 43.4 Å². The van der Waals surface area contributed by atoms with Crippen molar-refractivity contribution in [3.05, 3.63) is 60.7 Å². The molecule has 0 bridgehead atoms. The SMILES string of the molecule is C[C@]12CC([Se]c3ccccc3)C(=O)C[C@@H]1CC[C@@H]1[C@@H]2CC[C@@]2(C)[C@H]1CC[C@@]21CC([Se]c2ccccc2)C(=O)O1. The van der Waals surface area contributed by atoms with E-state index in [1.165, 1.54) is 41.0 Å². The Morgan fingerprint density at radius 1 is 0.744 bits per heavy atom. The van der Waals surface area contributed by atoms with Gasteiger partial charge >= 0.3 is 247 Å². The number of rotatable bonds is 4. The van der Waals surface area contributed by atoms with Crippen LogP contribution in [-0.2, 0) is 14.3 Å². The Kier molecular flexibility index (Phi) is 6.71. The average Bonchev–Trinajstić information content (AvgIpc) is 3.41. The van der Waals surface area contributed by atoms with Crippen LogP contribution in [0.15, 0.2) is 60.7 Å². The number of Topliss-reactive ketones (excluding diaryl/α,β-unsaturated/α-hetero) is 1. The molecule has 7 rings (SSSR count). The van der Waals surface area contributed by atoms with Crippen molar-refractivity contribution in [1.82, 2.24) is 0 Å². The van der Waals surface area contributed by atoms with Gasteiger partial charge in [0.1, 0.15) is 0 Å². The van der Waals surface area contributed by atoms with Crippen LogP contribution in [0.3, 0.4) is 0 Å². The predicted molar refractivity (Wildman–Crippen MR) is 157 cm³/mol. The van der Waals surface area contributed by atoms with E-state index in [1.54, 1.807) is 0 Å². The van der Waals surface area contributed by atoms with Gasteiger partial charge in [-0.2, -0.15) is 0 Å². The molecule has 9 atom stereocenters. The van der Waals surface area contributed by atoms with E-state index in [1.807, 2.05) is 0 Å². The molecule has 0 amide bonds. The fraction of sp³-hybridized carbons (Fsp3) is 0.588. The fourth-order valence-corrected chi connectivity index (χ4v) is 15.0. The average molecular weight is 655 g/mol. The zero-order valence-corrected chi connectivity index (χ0v) is 26.6. The Morgan fingerprint density at radius 2 is 1.38 bits per heavy atom. The van der Waals surface area contributed by atoms with Crippen molar-refractivity contribution in [2.24, 2.45) is 34.5 Å². The summed E-state index contributed by atoms with van der Waals surface area (Å²) in [6.07, 6.45) is 9.90. The summed E-state index contributed by atoms with van der Waals surface area (Å²) in [5.41, 5.74) is 0.0903. The van der Waals surface area contributed by atoms with Crippen molar-refractivity contribution < 1.29 is 14.3 Å². The summed E-state index contributed by atoms with van der Waals surface area (Å²) in [7, 11) is 0. The van der Waals surface area contributed by atoms with Gasteiger partial charge in [0.05, 0.1) is 0 Å². The summed E-state index contributed by atoms with van der Waals surface area (Å²) in [6, 6.07) is 21.3. The van der Waals surface area contributed by atoms with Gasteiger partial charge in [-0.25, -0.2) is 0 Å². The molecule has 2 aromatic carbocycles. The zero-order valence-electron chi connectivity index (χ0n) is 23.1. The van der Waals surface area contributed by atoms with Gasteiger partial charge in [0.15, 0.2) is 0 Å². The second-order valence-corrected chi connectivity index (χ2v) is 18.8. The number of ether oxygens (including phenoxy) is 1. The van der Waals surface area contributed by atoms with Crippen LogP contribution in [0.4, 0.5) is 0 Å². The second-order valence-electron chi connectivity index (χ2n) is 13.5. The number of carbonyl (C=O) groups excluding carboxylic acids is 2. The third kappa shape index (κ3) is 4.25. The molecule has 5 aliphatic rings. The number of hydrogen-bond donors (Lipinski definition) is 0. The summed E-state index contributed by atoms with van der Waals surface area (Å²) in [5.74, 6) is 3.20. The Morgan fingerprint density at radius 3 is 2.08 bits per heavy atom. The normalized spacial score (nSPS) is 43.0. The number of carbonyl (C=O) groups is 2. The molecular formula is C34H40O3Se2. The Hall–Kier alpha value is -1.38. The molecule has 39 heavy (non-hydrogen) atoms. The van der Waals surface area contributed by atoms with E-state index >= 15 is 0 Å². The van der Waals surface area contributed by atoms with Gasteiger partial charge in [-0.15, -0.1) is 0 Å². The summed E-state index contributed by atoms with van der Waals surface area (Å²) >= 11 is 0.344. The predicted octanol–water partition coefficient (Wildman–Crippen LogP) is 5.53. The monoisotopic (exact) mass is 656 g/mol. The quantitative estimate of drug-likeness (QED) is 0.322. The van der Waals surface area contributed by atoms with Crippen molar-refractivity contribution >= 4 is 50.6 Å². The van der Waals surface area contributed by atoms with Crippen molar-refractivity contribution in [1.29, 1.82) is 0 Å². The summed E-state index contributed by atoms with van der Waals surface area (Å²) in [6.45, 7) is 5.06. The molecule has 1 aliphatic heterocycles. The maximum atomic E-state index is 13.3. The van der Waals surface area contributed by atoms with Crippen LogP contribution in [0.5, 0.6) is 0 Å². The van der Waals surface area contributed by atoms with E-state index in [4.69, 9.17) is 4.74 Å². The van der Waals surface area contributed by atoms with E-state index in [-0.39, 0.29) is 61.9 Å². The number of hydrogen-bond acceptors (Lipinski definition) is 3. The number of ketones is 1. The first kappa shape index (κ1) is 26.5. The van der Waals surface area contributed by atoms with Crippen LogP contribution >= 0.6 is 0 Å². The molecular weight excluding hydrogens is 614 g/mol. The molecule has 3 nitrogen and oxygen atoms in total. The number of benzene rings is 2. The first-order valence-corrected chi connectivity index (χ1v) is 18.7. The number of fused-ring (bicyclic) bond motifs is 6. The summed E-state index contributed by atoms with van der Waals surface area (Å²) < 4.78 is 9.18. The Balaban J connectivity index is 1.11. The molecule has 0 aromatic heterocycles. The third-order valence-corrected chi connectivity index (χ3v) is 17.0. The standard InChI is InChI=1S/C34H40O3Se2/c1-32-20-29(38-23-9-5-3-6-10-23)28(35)19-22(32)13-14-25-26(32)15-17-33(2)27(25)16-18-34(33)21-30(31(36)37-34)39-24-11-7-4-8-12-24/h3-12,22,25-27,29-30H,13-21H2,1-2H3/t22-,25+,26-,27-,29?,30?,32-,33-,34+/m0/s1. The minimum atomic E-state index is -0.264. The van der Waals surface area contributed by atoms with Gasteiger partial charge in [0.25, 0.3) is 0 Å². The zero-order chi connectivity index (χ0) is 26.8. The third-order valence-electron chi connectivity index (χ3n) is 11.9. The van der Waals surface area contributed by atoms with E-state index in [0.717, 1.165) is 25.7 Å². The molecule has 1 heterocycles. The van der Waals surface area contributed by atoms with Gasteiger partial charge in [-0.3, -0.25) is 0 Å². The van der Waals surface area contributed by atoms with Crippen molar-refractivity contribution in [3.8, 4) is 0 Å². The summed E-state index contributed by atoms with van der Waals surface area (Å²) in [5, 5.41) is 0. The van der Waals surface area contributed by atoms with Gasteiger partial charge in [-0.05, 0) is 0 Å². The molecule has 4 saturated carbocycles. The van der Waals surface area contributed by atoms with E-state index < -0.39 is 0 Å². The van der Waals surface area contributed by atoms with Crippen LogP contribution in [-0.4, -0.2) is 47.3 Å². The molecule has 4 aliphatic carbocycles. The molecule has 5 heteroatoms. The van der Waals surface area contributed by atoms with Gasteiger partial charge in [-0.1, -0.05) is 0 Å². The molecule has 1 spiro atoms. The minimum absolute atomic E-state index is 0.0479. The van der Waals surface area contributed by atoms with Crippen LogP contribution < -0.4 is 8.92 Å². The molecule has 0 radical (unpaired) electrons. The van der Waals surface area contributed by atoms with E-state index in [2.05, 4.69) is 74.5 Å². The van der Waals surface area contributed by atoms with Crippen LogP contribution in [0.25, 0.3) is 0 Å². The van der Waals surface area contributed by atoms with E-state index in [0.29, 0.717) is 29.5 Å². The number of esters is 1. The Bertz CT molecular complexity index is 1250. The van der Waals surface area contributed by atoms with Crippen LogP contribution in [0.2, 0.25) is 9.63 Å². The maximum absolute atomic E-state index is 13.3. The summed E-state index contributed by atoms with van der Waals surface area (Å²) in [4.78, 5) is 26.8. The molecule has 2 unspecified atom stereocenters. The van der Waals surface area contributed by atoms with Crippen molar-refractivity contribution in [2.75, 3.05) is 0 Å². The van der Waals surface area contributed by atoms with Crippen LogP contribution in [0, 0.1) is 34.5 Å². The molecule has 5 fully saturated rings. The molecule has 0 N–H and O–H groups in total. The first-order chi connectivity index (χ1) is 18.8. The van der Waals surface area contributed by atoms with Gasteiger partial charge in [0.2, 0.25) is 0 Å². The van der Waals surface area contributed by atoms with Crippen molar-refractivity contribution in [3.63, 3.8) is 0 Å². The molecule has 2 aromatic rings. The second kappa shape index (κ2) is 9.87. The van der Waals surface area contributed by atoms with E-state index in [9.17, 15) is 9.59 Å². The van der Waals surface area contributed by atoms with Gasteiger partial charge < -0.3 is 0 Å². The molecule has 206 valence electrons. The van der Waals surface area contributed by atoms with Gasteiger partial charge in [0, 0.05) is 0 Å².